The van der Waals surface area contributed by atoms with E-state index in [1.807, 2.05) is 0 Å². The van der Waals surface area contributed by atoms with Crippen LogP contribution in [0.15, 0.2) is 21.5 Å². The number of nitrogens with two attached hydrogens (primary N) is 1. The maximum absolute atomic E-state index is 13.1. The van der Waals surface area contributed by atoms with Gasteiger partial charge < -0.3 is 5.73 Å². The summed E-state index contributed by atoms with van der Waals surface area (Å²) in [6, 6.07) is 1.63. The molecule has 0 aliphatic rings. The second-order valence-corrected chi connectivity index (χ2v) is 7.00. The number of sulfonamides is 1. The van der Waals surface area contributed by atoms with E-state index in [1.165, 1.54) is 7.05 Å². The van der Waals surface area contributed by atoms with Gasteiger partial charge in [-0.05, 0) is 35.0 Å². The molecule has 0 amide bonds. The number of likely N-dealkylation sites (N-methyl/N-ethyl adjacent to an activating group) is 1. The number of nitrogens with zero attached hydrogens (tertiary/aromatic N) is 1. The van der Waals surface area contributed by atoms with Crippen LogP contribution in [0.2, 0.25) is 5.02 Å². The average molecular weight is 396 g/mol. The smallest absolute Gasteiger partial charge is 0.245 e. The lowest BCUT2D eigenvalue weighted by molar-refractivity contribution is 0.394. The fourth-order valence-corrected chi connectivity index (χ4v) is 4.42. The summed E-state index contributed by atoms with van der Waals surface area (Å²) in [5, 5.41) is -0.169. The second kappa shape index (κ2) is 7.19. The highest BCUT2D eigenvalue weighted by Gasteiger charge is 2.29. The molecular weight excluding hydrogens is 382 g/mol. The largest absolute Gasteiger partial charge is 0.329 e. The number of halogens is 4. The van der Waals surface area contributed by atoms with E-state index in [-0.39, 0.29) is 39.4 Å². The highest BCUT2D eigenvalue weighted by Crippen LogP contribution is 2.32. The van der Waals surface area contributed by atoms with Crippen molar-refractivity contribution in [2.24, 2.45) is 5.73 Å². The lowest BCUT2D eigenvalue weighted by atomic mass is 10.3. The Morgan fingerprint density at radius 3 is 2.47 bits per heavy atom. The van der Waals surface area contributed by atoms with Gasteiger partial charge in [-0.25, -0.2) is 12.8 Å². The first kappa shape index (κ1) is 19.1. The normalized spacial score (nSPS) is 13.2. The third-order valence-electron chi connectivity index (χ3n) is 2.56. The highest BCUT2D eigenvalue weighted by atomic mass is 79.9. The third kappa shape index (κ3) is 4.03. The van der Waals surface area contributed by atoms with Gasteiger partial charge in [0.1, 0.15) is 10.7 Å². The minimum absolute atomic E-state index is 0. The lowest BCUT2D eigenvalue weighted by Gasteiger charge is -2.24. The number of hydrogen-bond acceptors (Lipinski definition) is 3. The molecule has 0 saturated carbocycles. The monoisotopic (exact) mass is 394 g/mol. The van der Waals surface area contributed by atoms with Crippen LogP contribution in [0.4, 0.5) is 4.39 Å². The van der Waals surface area contributed by atoms with Gasteiger partial charge in [0, 0.05) is 24.1 Å². The molecule has 4 nitrogen and oxygen atoms in total. The van der Waals surface area contributed by atoms with Crippen LogP contribution in [0.3, 0.4) is 0 Å². The Balaban J connectivity index is 0.00000324. The summed E-state index contributed by atoms with van der Waals surface area (Å²) in [5.74, 6) is -0.611. The van der Waals surface area contributed by atoms with Crippen LogP contribution in [-0.2, 0) is 10.0 Å². The molecule has 0 spiro atoms. The first-order valence-corrected chi connectivity index (χ1v) is 7.65. The van der Waals surface area contributed by atoms with Crippen molar-refractivity contribution >= 4 is 50.0 Å². The molecule has 0 aliphatic heterocycles. The number of rotatable bonds is 4. The van der Waals surface area contributed by atoms with Crippen molar-refractivity contribution in [2.75, 3.05) is 13.6 Å². The van der Waals surface area contributed by atoms with Crippen LogP contribution in [0.25, 0.3) is 0 Å². The summed E-state index contributed by atoms with van der Waals surface area (Å²) in [5.41, 5.74) is 5.44. The summed E-state index contributed by atoms with van der Waals surface area (Å²) in [6.45, 7) is 1.84. The van der Waals surface area contributed by atoms with Crippen LogP contribution in [0.5, 0.6) is 0 Å². The molecule has 0 bridgehead atoms. The summed E-state index contributed by atoms with van der Waals surface area (Å²) < 4.78 is 38.9. The molecule has 1 aromatic rings. The summed E-state index contributed by atoms with van der Waals surface area (Å²) in [4.78, 5) is -0.159. The van der Waals surface area contributed by atoms with E-state index < -0.39 is 15.8 Å². The summed E-state index contributed by atoms with van der Waals surface area (Å²) >= 11 is 8.82. The Morgan fingerprint density at radius 1 is 1.53 bits per heavy atom. The summed E-state index contributed by atoms with van der Waals surface area (Å²) in [7, 11) is -2.42. The van der Waals surface area contributed by atoms with Gasteiger partial charge >= 0.3 is 0 Å². The molecule has 0 aliphatic carbocycles. The van der Waals surface area contributed by atoms with Crippen LogP contribution >= 0.6 is 39.9 Å². The molecule has 1 rings (SSSR count). The van der Waals surface area contributed by atoms with E-state index >= 15 is 0 Å². The van der Waals surface area contributed by atoms with Crippen molar-refractivity contribution in [3.8, 4) is 0 Å². The van der Waals surface area contributed by atoms with Crippen LogP contribution in [0.1, 0.15) is 6.92 Å². The predicted octanol–water partition coefficient (Wildman–Crippen LogP) is 2.63. The predicted molar refractivity (Wildman–Crippen MR) is 79.8 cm³/mol. The molecule has 1 unspecified atom stereocenters. The Labute approximate surface area is 131 Å². The van der Waals surface area contributed by atoms with Gasteiger partial charge in [-0.3, -0.25) is 0 Å². The molecule has 1 aromatic carbocycles. The third-order valence-corrected chi connectivity index (χ3v) is 5.93. The zero-order valence-corrected chi connectivity index (χ0v) is 14.2. The van der Waals surface area contributed by atoms with Crippen molar-refractivity contribution in [3.63, 3.8) is 0 Å². The fraction of sp³-hybridized carbons (Fsp3) is 0.400. The average Bonchev–Trinajstić information content (AvgIpc) is 2.24. The molecule has 0 radical (unpaired) electrons. The molecule has 0 saturated heterocycles. The van der Waals surface area contributed by atoms with E-state index in [2.05, 4.69) is 15.9 Å². The van der Waals surface area contributed by atoms with E-state index in [0.717, 1.165) is 16.4 Å². The van der Waals surface area contributed by atoms with Gasteiger partial charge in [0.25, 0.3) is 0 Å². The Kier molecular flexibility index (Phi) is 7.22. The van der Waals surface area contributed by atoms with E-state index in [1.54, 1.807) is 6.92 Å². The van der Waals surface area contributed by atoms with Gasteiger partial charge in [-0.2, -0.15) is 4.31 Å². The molecule has 0 fully saturated rings. The Hall–Kier alpha value is 0.0800. The SMILES string of the molecule is CC(CN)N(C)S(=O)(=O)c1c(Cl)cc(F)cc1Br.Cl. The lowest BCUT2D eigenvalue weighted by Crippen LogP contribution is -2.39. The molecule has 0 aromatic heterocycles. The van der Waals surface area contributed by atoms with Crippen LogP contribution < -0.4 is 5.73 Å². The molecule has 0 heterocycles. The molecule has 1 atom stereocenters. The topological polar surface area (TPSA) is 63.4 Å². The van der Waals surface area contributed by atoms with Gasteiger partial charge in [-0.15, -0.1) is 12.4 Å². The van der Waals surface area contributed by atoms with Gasteiger partial charge in [0.15, 0.2) is 0 Å². The molecule has 9 heteroatoms. The van der Waals surface area contributed by atoms with E-state index in [0.29, 0.717) is 0 Å². The maximum atomic E-state index is 13.1. The van der Waals surface area contributed by atoms with Crippen LogP contribution in [0, 0.1) is 5.82 Å². The van der Waals surface area contributed by atoms with Gasteiger partial charge in [0.05, 0.1) is 5.02 Å². The Morgan fingerprint density at radius 2 is 2.05 bits per heavy atom. The quantitative estimate of drug-likeness (QED) is 0.852. The highest BCUT2D eigenvalue weighted by molar-refractivity contribution is 9.10. The van der Waals surface area contributed by atoms with E-state index in [4.69, 9.17) is 17.3 Å². The van der Waals surface area contributed by atoms with Gasteiger partial charge in [0.2, 0.25) is 10.0 Å². The zero-order chi connectivity index (χ0) is 14.1. The van der Waals surface area contributed by atoms with Crippen molar-refractivity contribution in [1.29, 1.82) is 0 Å². The van der Waals surface area contributed by atoms with Crippen molar-refractivity contribution < 1.29 is 12.8 Å². The minimum atomic E-state index is -3.82. The van der Waals surface area contributed by atoms with Crippen LogP contribution in [-0.4, -0.2) is 32.4 Å². The second-order valence-electron chi connectivity index (χ2n) is 3.80. The Bertz CT molecular complexity index is 533. The van der Waals surface area contributed by atoms with E-state index in [9.17, 15) is 12.8 Å². The standard InChI is InChI=1S/C10H13BrClFN2O2S.ClH/c1-6(5-14)15(2)18(16,17)10-8(11)3-7(13)4-9(10)12;/h3-4,6H,5,14H2,1-2H3;1H. The number of benzene rings is 1. The molecule has 110 valence electrons. The molecule has 2 N–H and O–H groups in total. The van der Waals surface area contributed by atoms with Crippen molar-refractivity contribution in [3.05, 3.63) is 27.4 Å². The van der Waals surface area contributed by atoms with Crippen molar-refractivity contribution in [2.45, 2.75) is 17.9 Å². The first-order valence-electron chi connectivity index (χ1n) is 5.04. The van der Waals surface area contributed by atoms with Crippen molar-refractivity contribution in [1.82, 2.24) is 4.31 Å². The molecule has 19 heavy (non-hydrogen) atoms. The van der Waals surface area contributed by atoms with Gasteiger partial charge in [-0.1, -0.05) is 11.6 Å². The fourth-order valence-electron chi connectivity index (χ4n) is 1.30. The minimum Gasteiger partial charge on any atom is -0.329 e. The molecular formula is C10H14BrCl2FN2O2S. The first-order chi connectivity index (χ1) is 8.21. The summed E-state index contributed by atoms with van der Waals surface area (Å²) in [6.07, 6.45) is 0. The maximum Gasteiger partial charge on any atom is 0.245 e. The zero-order valence-electron chi connectivity index (χ0n) is 10.2. The number of hydrogen-bond donors (Lipinski definition) is 1.